The van der Waals surface area contributed by atoms with Crippen LogP contribution in [0.5, 0.6) is 5.75 Å². The third-order valence-corrected chi connectivity index (χ3v) is 10.6. The minimum Gasteiger partial charge on any atom is -0.497 e. The van der Waals surface area contributed by atoms with Crippen molar-refractivity contribution in [3.8, 4) is 5.75 Å². The Morgan fingerprint density at radius 1 is 0.905 bits per heavy atom. The van der Waals surface area contributed by atoms with Crippen LogP contribution in [0.25, 0.3) is 0 Å². The summed E-state index contributed by atoms with van der Waals surface area (Å²) in [5, 5.41) is 0. The van der Waals surface area contributed by atoms with E-state index in [9.17, 15) is 4.79 Å². The number of ketones is 1. The minimum absolute atomic E-state index is 0.0269. The first kappa shape index (κ1) is 31.9. The number of methoxy groups -OCH3 is 1. The topological polar surface area (TPSA) is 42.4 Å². The van der Waals surface area contributed by atoms with Crippen molar-refractivity contribution < 1.29 is 9.53 Å². The number of aromatic nitrogens is 1. The molecule has 3 unspecified atom stereocenters. The van der Waals surface area contributed by atoms with Crippen LogP contribution < -0.4 is 4.74 Å². The summed E-state index contributed by atoms with van der Waals surface area (Å²) in [5.74, 6) is 1.56. The van der Waals surface area contributed by atoms with Crippen LogP contribution in [0.3, 0.4) is 0 Å². The highest BCUT2D eigenvalue weighted by Crippen LogP contribution is 2.52. The SMILES string of the molecule is CC[C@]1(CCC(C(=O)C(C)Cc2cccnc2)C(C)Cc2ccc(OC)cc2)CC[C@](c2ccccc2)(N(C)C)CC1. The second-order valence-electron chi connectivity index (χ2n) is 13.2. The molecule has 0 bridgehead atoms. The highest BCUT2D eigenvalue weighted by Gasteiger charge is 2.44. The fraction of sp³-hybridized carbons (Fsp3) is 0.526. The molecule has 226 valence electrons. The van der Waals surface area contributed by atoms with Gasteiger partial charge in [0.1, 0.15) is 11.5 Å². The van der Waals surface area contributed by atoms with E-state index < -0.39 is 0 Å². The maximum Gasteiger partial charge on any atom is 0.139 e. The summed E-state index contributed by atoms with van der Waals surface area (Å²) in [6, 6.07) is 23.5. The standard InChI is InChI=1S/C38H52N2O2/c1-7-37(21-23-38(24-22-37,40(4)5)33-13-9-8-10-14-33)20-19-35(29(2)26-31-15-17-34(42-6)18-16-31)36(41)30(3)27-32-12-11-25-39-28-32/h8-18,25,28-30,35H,7,19-24,26-27H2,1-6H3/t29?,30?,35?,37-,38-. The smallest absolute Gasteiger partial charge is 0.139 e. The lowest BCUT2D eigenvalue weighted by molar-refractivity contribution is -0.128. The molecule has 1 aliphatic carbocycles. The molecule has 3 aromatic rings. The molecule has 4 heteroatoms. The second kappa shape index (κ2) is 14.5. The quantitative estimate of drug-likeness (QED) is 0.195. The Kier molecular flexibility index (Phi) is 11.0. The zero-order valence-electron chi connectivity index (χ0n) is 26.8. The average molecular weight is 569 g/mol. The number of hydrogen-bond acceptors (Lipinski definition) is 4. The first-order chi connectivity index (χ1) is 20.2. The summed E-state index contributed by atoms with van der Waals surface area (Å²) in [6.07, 6.45) is 13.3. The van der Waals surface area contributed by atoms with Gasteiger partial charge in [-0.2, -0.15) is 0 Å². The molecule has 4 rings (SSSR count). The van der Waals surface area contributed by atoms with E-state index in [4.69, 9.17) is 4.74 Å². The Labute approximate surface area is 254 Å². The number of rotatable bonds is 14. The van der Waals surface area contributed by atoms with E-state index in [1.54, 1.807) is 13.3 Å². The third-order valence-electron chi connectivity index (χ3n) is 10.6. The van der Waals surface area contributed by atoms with Crippen molar-refractivity contribution in [2.75, 3.05) is 21.2 Å². The first-order valence-corrected chi connectivity index (χ1v) is 16.0. The molecule has 1 fully saturated rings. The molecular formula is C38H52N2O2. The van der Waals surface area contributed by atoms with Crippen LogP contribution in [0.2, 0.25) is 0 Å². The van der Waals surface area contributed by atoms with Crippen LogP contribution in [0, 0.1) is 23.2 Å². The van der Waals surface area contributed by atoms with Crippen molar-refractivity contribution in [1.29, 1.82) is 0 Å². The summed E-state index contributed by atoms with van der Waals surface area (Å²) in [6.45, 7) is 6.77. The van der Waals surface area contributed by atoms with Crippen molar-refractivity contribution in [1.82, 2.24) is 9.88 Å². The molecule has 1 aliphatic rings. The van der Waals surface area contributed by atoms with Crippen molar-refractivity contribution in [3.05, 3.63) is 95.8 Å². The van der Waals surface area contributed by atoms with Gasteiger partial charge in [0.2, 0.25) is 0 Å². The molecule has 0 N–H and O–H groups in total. The maximum absolute atomic E-state index is 14.2. The van der Waals surface area contributed by atoms with E-state index in [1.807, 2.05) is 24.4 Å². The average Bonchev–Trinajstić information content (AvgIpc) is 3.02. The molecule has 0 saturated heterocycles. The summed E-state index contributed by atoms with van der Waals surface area (Å²) >= 11 is 0. The van der Waals surface area contributed by atoms with Crippen LogP contribution in [0.1, 0.15) is 82.4 Å². The number of pyridine rings is 1. The van der Waals surface area contributed by atoms with Gasteiger partial charge in [-0.3, -0.25) is 14.7 Å². The lowest BCUT2D eigenvalue weighted by atomic mass is 9.61. The lowest BCUT2D eigenvalue weighted by Gasteiger charge is -2.50. The van der Waals surface area contributed by atoms with Gasteiger partial charge in [-0.05, 0) is 112 Å². The van der Waals surface area contributed by atoms with E-state index in [0.717, 1.165) is 49.8 Å². The Morgan fingerprint density at radius 2 is 1.60 bits per heavy atom. The van der Waals surface area contributed by atoms with Gasteiger partial charge in [0, 0.05) is 29.8 Å². The van der Waals surface area contributed by atoms with Gasteiger partial charge in [0.15, 0.2) is 0 Å². The summed E-state index contributed by atoms with van der Waals surface area (Å²) in [5.41, 5.74) is 4.22. The molecule has 2 aromatic carbocycles. The Morgan fingerprint density at radius 3 is 2.17 bits per heavy atom. The Bertz CT molecular complexity index is 1230. The lowest BCUT2D eigenvalue weighted by Crippen LogP contribution is -2.47. The highest BCUT2D eigenvalue weighted by atomic mass is 16.5. The monoisotopic (exact) mass is 568 g/mol. The molecule has 0 spiro atoms. The molecule has 3 atom stereocenters. The predicted octanol–water partition coefficient (Wildman–Crippen LogP) is 8.54. The molecule has 0 amide bonds. The molecule has 42 heavy (non-hydrogen) atoms. The molecule has 0 aliphatic heterocycles. The van der Waals surface area contributed by atoms with Gasteiger partial charge in [-0.1, -0.05) is 75.7 Å². The molecule has 1 aromatic heterocycles. The molecule has 4 nitrogen and oxygen atoms in total. The zero-order valence-corrected chi connectivity index (χ0v) is 26.8. The van der Waals surface area contributed by atoms with Gasteiger partial charge >= 0.3 is 0 Å². The van der Waals surface area contributed by atoms with Crippen molar-refractivity contribution in [2.24, 2.45) is 23.2 Å². The van der Waals surface area contributed by atoms with Gasteiger partial charge < -0.3 is 4.74 Å². The van der Waals surface area contributed by atoms with Gasteiger partial charge in [-0.25, -0.2) is 0 Å². The zero-order chi connectivity index (χ0) is 30.2. The van der Waals surface area contributed by atoms with Gasteiger partial charge in [0.05, 0.1) is 7.11 Å². The van der Waals surface area contributed by atoms with Gasteiger partial charge in [-0.15, -0.1) is 0 Å². The Balaban J connectivity index is 1.51. The van der Waals surface area contributed by atoms with E-state index in [2.05, 4.69) is 93.3 Å². The fourth-order valence-electron chi connectivity index (χ4n) is 7.50. The van der Waals surface area contributed by atoms with Crippen LogP contribution >= 0.6 is 0 Å². The highest BCUT2D eigenvalue weighted by molar-refractivity contribution is 5.83. The first-order valence-electron chi connectivity index (χ1n) is 16.0. The van der Waals surface area contributed by atoms with Crippen molar-refractivity contribution in [2.45, 2.75) is 84.1 Å². The third kappa shape index (κ3) is 7.50. The Hall–Kier alpha value is -2.98. The van der Waals surface area contributed by atoms with E-state index >= 15 is 0 Å². The predicted molar refractivity (Wildman–Crippen MR) is 174 cm³/mol. The molecule has 0 radical (unpaired) electrons. The number of Topliss-reactive ketones (excluding diaryl/α,β-unsaturated/α-hetero) is 1. The largest absolute Gasteiger partial charge is 0.497 e. The number of hydrogen-bond donors (Lipinski definition) is 0. The second-order valence-corrected chi connectivity index (χ2v) is 13.2. The fourth-order valence-corrected chi connectivity index (χ4v) is 7.50. The van der Waals surface area contributed by atoms with Crippen molar-refractivity contribution >= 4 is 5.78 Å². The number of benzene rings is 2. The maximum atomic E-state index is 14.2. The van der Waals surface area contributed by atoms with Gasteiger partial charge in [0.25, 0.3) is 0 Å². The van der Waals surface area contributed by atoms with Crippen LogP contribution in [0.15, 0.2) is 79.1 Å². The number of carbonyl (C=O) groups is 1. The van der Waals surface area contributed by atoms with Crippen molar-refractivity contribution in [3.63, 3.8) is 0 Å². The summed E-state index contributed by atoms with van der Waals surface area (Å²) in [4.78, 5) is 20.9. The van der Waals surface area contributed by atoms with Crippen LogP contribution in [0.4, 0.5) is 0 Å². The minimum atomic E-state index is -0.0269. The van der Waals surface area contributed by atoms with E-state index in [1.165, 1.54) is 30.4 Å². The number of ether oxygens (including phenoxy) is 1. The van der Waals surface area contributed by atoms with E-state index in [0.29, 0.717) is 11.2 Å². The number of carbonyl (C=O) groups excluding carboxylic acids is 1. The van der Waals surface area contributed by atoms with Crippen LogP contribution in [-0.2, 0) is 23.2 Å². The summed E-state index contributed by atoms with van der Waals surface area (Å²) in [7, 11) is 6.18. The molecule has 1 heterocycles. The molecule has 1 saturated carbocycles. The normalized spacial score (nSPS) is 22.8. The summed E-state index contributed by atoms with van der Waals surface area (Å²) < 4.78 is 5.37. The van der Waals surface area contributed by atoms with Crippen LogP contribution in [-0.4, -0.2) is 36.9 Å². The molecular weight excluding hydrogens is 516 g/mol. The van der Waals surface area contributed by atoms with E-state index in [-0.39, 0.29) is 23.3 Å². The number of nitrogens with zero attached hydrogens (tertiary/aromatic N) is 2.